The number of benzene rings is 4. The molecule has 0 aliphatic heterocycles. The summed E-state index contributed by atoms with van der Waals surface area (Å²) in [5, 5.41) is 0. The lowest BCUT2D eigenvalue weighted by Gasteiger charge is -2.03. The Balaban J connectivity index is 1.30. The van der Waals surface area contributed by atoms with Gasteiger partial charge in [0, 0.05) is 0 Å². The molecule has 0 aliphatic rings. The van der Waals surface area contributed by atoms with E-state index in [0.717, 1.165) is 25.9 Å². The predicted molar refractivity (Wildman–Crippen MR) is 155 cm³/mol. The van der Waals surface area contributed by atoms with Crippen LogP contribution in [0.15, 0.2) is 122 Å². The molecule has 6 aromatic rings. The van der Waals surface area contributed by atoms with Gasteiger partial charge in [-0.3, -0.25) is 0 Å². The first-order valence-electron chi connectivity index (χ1n) is 13.6. The Morgan fingerprint density at radius 2 is 0.921 bits per heavy atom. The first-order valence-corrected chi connectivity index (χ1v) is 13.6. The summed E-state index contributed by atoms with van der Waals surface area (Å²) in [4.78, 5) is 0. The van der Waals surface area contributed by atoms with Gasteiger partial charge in [-0.1, -0.05) is 74.5 Å². The molecule has 0 spiro atoms. The monoisotopic (exact) mass is 498 g/mol. The van der Waals surface area contributed by atoms with Crippen LogP contribution in [-0.4, -0.2) is 9.13 Å². The minimum atomic E-state index is 0.819. The average molecular weight is 499 g/mol. The van der Waals surface area contributed by atoms with Gasteiger partial charge in [-0.15, -0.1) is 0 Å². The zero-order valence-electron chi connectivity index (χ0n) is 22.2. The normalized spacial score (nSPS) is 11.7. The Morgan fingerprint density at radius 3 is 1.37 bits per heavy atom. The summed E-state index contributed by atoms with van der Waals surface area (Å²) in [6, 6.07) is 34.7. The van der Waals surface area contributed by atoms with E-state index in [1.54, 1.807) is 0 Å². The fraction of sp³-hybridized carbons (Fsp3) is 0.176. The third-order valence-electron chi connectivity index (χ3n) is 7.45. The van der Waals surface area contributed by atoms with Crippen molar-refractivity contribution in [3.63, 3.8) is 0 Å². The summed E-state index contributed by atoms with van der Waals surface area (Å²) in [6.07, 6.45) is 11.1. The summed E-state index contributed by atoms with van der Waals surface area (Å²) in [6.45, 7) is 6.08. The number of para-hydroxylation sites is 6. The highest BCUT2D eigenvalue weighted by molar-refractivity contribution is 5.75. The van der Waals surface area contributed by atoms with E-state index < -0.39 is 0 Å². The highest BCUT2D eigenvalue weighted by Crippen LogP contribution is 2.22. The quantitative estimate of drug-likeness (QED) is 0.168. The topological polar surface area (TPSA) is 17.6 Å². The van der Waals surface area contributed by atoms with Gasteiger partial charge in [-0.05, 0) is 72.5 Å². The van der Waals surface area contributed by atoms with E-state index in [9.17, 15) is 0 Å². The van der Waals surface area contributed by atoms with Crippen molar-refractivity contribution in [1.29, 1.82) is 0 Å². The first-order chi connectivity index (χ1) is 18.8. The van der Waals surface area contributed by atoms with Crippen molar-refractivity contribution >= 4 is 22.1 Å². The van der Waals surface area contributed by atoms with Gasteiger partial charge in [0.1, 0.15) is 24.5 Å². The Labute approximate surface area is 224 Å². The standard InChI is InChI=1S/C34H34N4/c1-3-27-15-5-7-17-29(27)37-25-35(31-19-9-11-21-33(31)37)23-13-14-24-36-26-38(34-22-12-10-20-32(34)36)30-18-8-6-16-28(30)4-2/h5-22,25-26H,3-4,23-24H2,1-2H3/q+2/b14-13+. The van der Waals surface area contributed by atoms with Gasteiger partial charge in [-0.25, -0.2) is 9.13 Å². The third kappa shape index (κ3) is 4.32. The number of hydrogen-bond acceptors (Lipinski definition) is 0. The number of nitrogens with zero attached hydrogens (tertiary/aromatic N) is 4. The van der Waals surface area contributed by atoms with Gasteiger partial charge in [0.25, 0.3) is 0 Å². The molecule has 4 nitrogen and oxygen atoms in total. The second-order valence-corrected chi connectivity index (χ2v) is 9.69. The van der Waals surface area contributed by atoms with Crippen LogP contribution in [0.5, 0.6) is 0 Å². The summed E-state index contributed by atoms with van der Waals surface area (Å²) < 4.78 is 9.33. The van der Waals surface area contributed by atoms with Crippen molar-refractivity contribution in [2.75, 3.05) is 0 Å². The summed E-state index contributed by atoms with van der Waals surface area (Å²) in [5.41, 5.74) is 10.2. The molecule has 0 radical (unpaired) electrons. The smallest absolute Gasteiger partial charge is 0.226 e. The molecule has 0 atom stereocenters. The zero-order valence-corrected chi connectivity index (χ0v) is 22.2. The lowest BCUT2D eigenvalue weighted by molar-refractivity contribution is -0.665. The molecule has 0 saturated carbocycles. The van der Waals surface area contributed by atoms with Crippen LogP contribution < -0.4 is 9.13 Å². The molecule has 0 amide bonds. The van der Waals surface area contributed by atoms with E-state index in [1.165, 1.54) is 44.6 Å². The lowest BCUT2D eigenvalue weighted by Crippen LogP contribution is -2.33. The van der Waals surface area contributed by atoms with Crippen LogP contribution in [-0.2, 0) is 25.9 Å². The summed E-state index contributed by atoms with van der Waals surface area (Å²) in [5.74, 6) is 0. The SMILES string of the molecule is CCc1ccccc1-n1c[n+](C/C=C/C[n+]2cn(-c3ccccc3CC)c3ccccc32)c2ccccc21. The van der Waals surface area contributed by atoms with Crippen LogP contribution in [0.25, 0.3) is 33.4 Å². The molecule has 4 aromatic carbocycles. The molecule has 0 aliphatic carbocycles. The maximum absolute atomic E-state index is 2.34. The molecular formula is C34H34N4+2. The molecule has 0 fully saturated rings. The molecule has 2 heterocycles. The zero-order chi connectivity index (χ0) is 25.9. The maximum Gasteiger partial charge on any atom is 0.250 e. The van der Waals surface area contributed by atoms with Crippen molar-refractivity contribution in [3.05, 3.63) is 133 Å². The van der Waals surface area contributed by atoms with Crippen LogP contribution in [0.3, 0.4) is 0 Å². The molecule has 188 valence electrons. The van der Waals surface area contributed by atoms with Crippen LogP contribution in [0.1, 0.15) is 25.0 Å². The molecule has 0 bridgehead atoms. The Kier molecular flexibility index (Phi) is 6.62. The fourth-order valence-electron chi connectivity index (χ4n) is 5.49. The van der Waals surface area contributed by atoms with E-state index in [4.69, 9.17) is 0 Å². The molecule has 0 saturated heterocycles. The van der Waals surface area contributed by atoms with Crippen molar-refractivity contribution in [2.45, 2.75) is 39.8 Å². The highest BCUT2D eigenvalue weighted by Gasteiger charge is 2.19. The molecule has 4 heteroatoms. The van der Waals surface area contributed by atoms with Gasteiger partial charge in [0.05, 0.1) is 0 Å². The van der Waals surface area contributed by atoms with Crippen molar-refractivity contribution in [1.82, 2.24) is 9.13 Å². The van der Waals surface area contributed by atoms with Crippen molar-refractivity contribution in [3.8, 4) is 11.4 Å². The van der Waals surface area contributed by atoms with E-state index in [-0.39, 0.29) is 0 Å². The summed E-state index contributed by atoms with van der Waals surface area (Å²) in [7, 11) is 0. The number of aryl methyl sites for hydroxylation is 2. The maximum atomic E-state index is 2.34. The molecule has 38 heavy (non-hydrogen) atoms. The lowest BCUT2D eigenvalue weighted by atomic mass is 10.1. The number of aromatic nitrogens is 4. The van der Waals surface area contributed by atoms with Gasteiger partial charge >= 0.3 is 0 Å². The summed E-state index contributed by atoms with van der Waals surface area (Å²) >= 11 is 0. The number of fused-ring (bicyclic) bond motifs is 2. The molecule has 0 N–H and O–H groups in total. The van der Waals surface area contributed by atoms with Crippen LogP contribution in [0, 0.1) is 0 Å². The Hall–Kier alpha value is -4.44. The van der Waals surface area contributed by atoms with Gasteiger partial charge in [-0.2, -0.15) is 9.13 Å². The largest absolute Gasteiger partial charge is 0.250 e. The third-order valence-corrected chi connectivity index (χ3v) is 7.45. The molecular weight excluding hydrogens is 464 g/mol. The Bertz CT molecular complexity index is 1620. The predicted octanol–water partition coefficient (Wildman–Crippen LogP) is 6.53. The second-order valence-electron chi connectivity index (χ2n) is 9.69. The van der Waals surface area contributed by atoms with E-state index in [0.29, 0.717) is 0 Å². The van der Waals surface area contributed by atoms with Gasteiger partial charge in [0.15, 0.2) is 22.1 Å². The average Bonchev–Trinajstić information content (AvgIpc) is 3.54. The number of rotatable bonds is 8. The minimum Gasteiger partial charge on any atom is -0.226 e. The Morgan fingerprint density at radius 1 is 0.526 bits per heavy atom. The second kappa shape index (κ2) is 10.5. The van der Waals surface area contributed by atoms with E-state index in [1.807, 2.05) is 0 Å². The van der Waals surface area contributed by atoms with Gasteiger partial charge < -0.3 is 0 Å². The van der Waals surface area contributed by atoms with Crippen LogP contribution in [0.2, 0.25) is 0 Å². The fourth-order valence-corrected chi connectivity index (χ4v) is 5.49. The highest BCUT2D eigenvalue weighted by atomic mass is 15.1. The van der Waals surface area contributed by atoms with Gasteiger partial charge in [0.2, 0.25) is 12.7 Å². The van der Waals surface area contributed by atoms with Crippen LogP contribution >= 0.6 is 0 Å². The number of allylic oxidation sites excluding steroid dienone is 2. The number of imidazole rings is 2. The van der Waals surface area contributed by atoms with E-state index in [2.05, 4.69) is 154 Å². The minimum absolute atomic E-state index is 0.819. The van der Waals surface area contributed by atoms with E-state index >= 15 is 0 Å². The van der Waals surface area contributed by atoms with Crippen molar-refractivity contribution in [2.24, 2.45) is 0 Å². The van der Waals surface area contributed by atoms with Crippen LogP contribution in [0.4, 0.5) is 0 Å². The molecule has 0 unspecified atom stereocenters. The number of hydrogen-bond donors (Lipinski definition) is 0. The van der Waals surface area contributed by atoms with Crippen molar-refractivity contribution < 1.29 is 9.13 Å². The molecule has 6 rings (SSSR count). The molecule has 2 aromatic heterocycles. The first kappa shape index (κ1) is 23.9.